The quantitative estimate of drug-likeness (QED) is 0.212. The average molecular weight is 714 g/mol. The van der Waals surface area contributed by atoms with Crippen LogP contribution in [0, 0.1) is 7.14 Å². The molecule has 4 heterocycles. The van der Waals surface area contributed by atoms with Gasteiger partial charge < -0.3 is 9.47 Å². The third kappa shape index (κ3) is 5.74. The van der Waals surface area contributed by atoms with E-state index in [-0.39, 0.29) is 37.2 Å². The molecule has 0 aliphatic rings. The summed E-state index contributed by atoms with van der Waals surface area (Å²) in [6, 6.07) is 6.54. The maximum Gasteiger partial charge on any atom is 0.306 e. The number of carbonyl (C=O) groups excluding carboxylic acids is 2. The number of esters is 2. The van der Waals surface area contributed by atoms with E-state index in [0.717, 1.165) is 7.14 Å². The van der Waals surface area contributed by atoms with Gasteiger partial charge in [-0.2, -0.15) is 0 Å². The summed E-state index contributed by atoms with van der Waals surface area (Å²) in [6.07, 6.45) is 2.93. The fourth-order valence-electron chi connectivity index (χ4n) is 3.63. The van der Waals surface area contributed by atoms with Gasteiger partial charge in [0.25, 0.3) is 11.1 Å². The third-order valence-electron chi connectivity index (χ3n) is 5.56. The molecule has 10 nitrogen and oxygen atoms in total. The largest absolute Gasteiger partial charge is 0.461 e. The van der Waals surface area contributed by atoms with E-state index >= 15 is 0 Å². The van der Waals surface area contributed by atoms with Gasteiger partial charge in [0, 0.05) is 67.7 Å². The molecule has 0 aliphatic carbocycles. The van der Waals surface area contributed by atoms with Crippen LogP contribution in [0.1, 0.15) is 24.0 Å². The Morgan fingerprint density at radius 3 is 1.53 bits per heavy atom. The number of hydrogen-bond donors (Lipinski definition) is 0. The minimum absolute atomic E-state index is 0.118. The zero-order valence-corrected chi connectivity index (χ0v) is 23.6. The molecule has 186 valence electrons. The van der Waals surface area contributed by atoms with Crippen LogP contribution in [0.2, 0.25) is 0 Å². The van der Waals surface area contributed by atoms with Crippen LogP contribution in [0.15, 0.2) is 46.2 Å². The molecular formula is C24H20I2N4O6. The van der Waals surface area contributed by atoms with Gasteiger partial charge in [-0.25, -0.2) is 9.97 Å². The fraction of sp³-hybridized carbons (Fsp3) is 0.250. The van der Waals surface area contributed by atoms with Crippen molar-refractivity contribution < 1.29 is 19.1 Å². The Morgan fingerprint density at radius 1 is 0.750 bits per heavy atom. The number of hydrogen-bond acceptors (Lipinski definition) is 8. The van der Waals surface area contributed by atoms with Crippen LogP contribution in [0.3, 0.4) is 0 Å². The lowest BCUT2D eigenvalue weighted by Gasteiger charge is -2.11. The molecule has 0 bridgehead atoms. The Kier molecular flexibility index (Phi) is 8.02. The maximum absolute atomic E-state index is 12.3. The van der Waals surface area contributed by atoms with E-state index in [2.05, 4.69) is 55.1 Å². The van der Waals surface area contributed by atoms with Crippen LogP contribution in [0.5, 0.6) is 0 Å². The van der Waals surface area contributed by atoms with Crippen LogP contribution in [-0.2, 0) is 46.4 Å². The Morgan fingerprint density at radius 2 is 1.14 bits per heavy atom. The summed E-state index contributed by atoms with van der Waals surface area (Å²) in [5.41, 5.74) is 1.53. The molecule has 0 saturated heterocycles. The first-order valence-corrected chi connectivity index (χ1v) is 12.9. The lowest BCUT2D eigenvalue weighted by molar-refractivity contribution is -0.151. The van der Waals surface area contributed by atoms with E-state index in [4.69, 9.17) is 9.47 Å². The fourth-order valence-corrected chi connectivity index (χ4v) is 4.53. The van der Waals surface area contributed by atoms with Crippen LogP contribution < -0.4 is 11.1 Å². The van der Waals surface area contributed by atoms with Crippen LogP contribution >= 0.6 is 45.2 Å². The lowest BCUT2D eigenvalue weighted by atomic mass is 10.1. The van der Waals surface area contributed by atoms with Crippen molar-refractivity contribution in [2.75, 3.05) is 0 Å². The highest BCUT2D eigenvalue weighted by molar-refractivity contribution is 14.1. The number of halogens is 2. The highest BCUT2D eigenvalue weighted by atomic mass is 127. The van der Waals surface area contributed by atoms with Gasteiger partial charge in [0.05, 0.1) is 12.8 Å². The molecule has 4 aromatic heterocycles. The maximum atomic E-state index is 12.3. The second-order valence-corrected chi connectivity index (χ2v) is 10.5. The average Bonchev–Trinajstić information content (AvgIpc) is 2.85. The minimum atomic E-state index is -0.600. The smallest absolute Gasteiger partial charge is 0.306 e. The molecule has 0 spiro atoms. The highest BCUT2D eigenvalue weighted by Gasteiger charge is 2.15. The molecular weight excluding hydrogens is 694 g/mol. The molecule has 0 atom stereocenters. The normalized spacial score (nSPS) is 11.1. The van der Waals surface area contributed by atoms with Crippen molar-refractivity contribution >= 4 is 79.2 Å². The Bertz CT molecular complexity index is 1510. The van der Waals surface area contributed by atoms with Crippen molar-refractivity contribution in [3.8, 4) is 0 Å². The molecule has 12 heteroatoms. The number of pyridine rings is 4. The molecule has 0 fully saturated rings. The first-order valence-electron chi connectivity index (χ1n) is 10.7. The first kappa shape index (κ1) is 26.2. The zero-order valence-electron chi connectivity index (χ0n) is 19.3. The molecule has 0 aliphatic heterocycles. The summed E-state index contributed by atoms with van der Waals surface area (Å²) >= 11 is 4.23. The topological polar surface area (TPSA) is 122 Å². The van der Waals surface area contributed by atoms with Crippen molar-refractivity contribution in [1.82, 2.24) is 19.1 Å². The standard InChI is InChI=1S/C24H20I2N4O6/c1-29-19(31)5-13(17-7-15(25)9-27-23(17)29)11-35-21(33)3-4-22(34)36-12-14-6-20(32)30(2)24-18(14)8-16(26)10-28-24/h5-10H,3-4,11-12H2,1-2H3. The van der Waals surface area contributed by atoms with E-state index in [1.54, 1.807) is 26.5 Å². The van der Waals surface area contributed by atoms with E-state index in [9.17, 15) is 19.2 Å². The molecule has 0 N–H and O–H groups in total. The third-order valence-corrected chi connectivity index (χ3v) is 6.74. The van der Waals surface area contributed by atoms with Gasteiger partial charge in [0.1, 0.15) is 24.5 Å². The summed E-state index contributed by atoms with van der Waals surface area (Å²) in [7, 11) is 3.25. The number of aromatic nitrogens is 4. The van der Waals surface area contributed by atoms with Gasteiger partial charge in [-0.3, -0.25) is 28.3 Å². The molecule has 0 aromatic carbocycles. The summed E-state index contributed by atoms with van der Waals surface area (Å²) in [5.74, 6) is -1.20. The Labute approximate surface area is 231 Å². The van der Waals surface area contributed by atoms with Crippen molar-refractivity contribution in [2.45, 2.75) is 26.1 Å². The van der Waals surface area contributed by atoms with E-state index in [0.29, 0.717) is 33.2 Å². The second kappa shape index (κ2) is 11.0. The van der Waals surface area contributed by atoms with Crippen molar-refractivity contribution in [1.29, 1.82) is 0 Å². The summed E-state index contributed by atoms with van der Waals surface area (Å²) < 4.78 is 15.2. The predicted molar refractivity (Wildman–Crippen MR) is 148 cm³/mol. The summed E-state index contributed by atoms with van der Waals surface area (Å²) in [6.45, 7) is -0.236. The SMILES string of the molecule is Cn1c(=O)cc(COC(=O)CCC(=O)OCc2cc(=O)n(C)c3ncc(I)cc23)c2cc(I)cnc21. The van der Waals surface area contributed by atoms with Gasteiger partial charge in [-0.05, 0) is 57.3 Å². The summed E-state index contributed by atoms with van der Waals surface area (Å²) in [4.78, 5) is 57.6. The monoisotopic (exact) mass is 714 g/mol. The second-order valence-electron chi connectivity index (χ2n) is 8.00. The van der Waals surface area contributed by atoms with Gasteiger partial charge in [-0.1, -0.05) is 0 Å². The van der Waals surface area contributed by atoms with Crippen molar-refractivity contribution in [3.05, 3.63) is 75.6 Å². The van der Waals surface area contributed by atoms with Gasteiger partial charge >= 0.3 is 11.9 Å². The first-order chi connectivity index (χ1) is 17.1. The number of rotatable bonds is 7. The number of ether oxygens (including phenoxy) is 2. The van der Waals surface area contributed by atoms with Gasteiger partial charge in [0.15, 0.2) is 0 Å². The number of carbonyl (C=O) groups is 2. The van der Waals surface area contributed by atoms with Crippen LogP contribution in [0.4, 0.5) is 0 Å². The zero-order chi connectivity index (χ0) is 26.0. The van der Waals surface area contributed by atoms with E-state index < -0.39 is 11.9 Å². The van der Waals surface area contributed by atoms with Gasteiger partial charge in [0.2, 0.25) is 0 Å². The Balaban J connectivity index is 1.36. The van der Waals surface area contributed by atoms with Gasteiger partial charge in [-0.15, -0.1) is 0 Å². The molecule has 0 amide bonds. The molecule has 4 rings (SSSR count). The molecule has 36 heavy (non-hydrogen) atoms. The number of aryl methyl sites for hydroxylation is 2. The van der Waals surface area contributed by atoms with Crippen LogP contribution in [-0.4, -0.2) is 31.0 Å². The highest BCUT2D eigenvalue weighted by Crippen LogP contribution is 2.20. The predicted octanol–water partition coefficient (Wildman–Crippen LogP) is 2.96. The molecule has 0 radical (unpaired) electrons. The minimum Gasteiger partial charge on any atom is -0.461 e. The van der Waals surface area contributed by atoms with Crippen molar-refractivity contribution in [2.24, 2.45) is 14.1 Å². The van der Waals surface area contributed by atoms with Crippen molar-refractivity contribution in [3.63, 3.8) is 0 Å². The number of fused-ring (bicyclic) bond motifs is 2. The number of nitrogens with zero attached hydrogens (tertiary/aromatic N) is 4. The van der Waals surface area contributed by atoms with E-state index in [1.165, 1.54) is 21.3 Å². The Hall–Kier alpha value is -2.88. The molecule has 4 aromatic rings. The molecule has 0 unspecified atom stereocenters. The van der Waals surface area contributed by atoms with E-state index in [1.807, 2.05) is 12.1 Å². The lowest BCUT2D eigenvalue weighted by Crippen LogP contribution is -2.19. The summed E-state index contributed by atoms with van der Waals surface area (Å²) in [5, 5.41) is 1.42. The van der Waals surface area contributed by atoms with Crippen LogP contribution in [0.25, 0.3) is 22.1 Å². The molecule has 0 saturated carbocycles.